The van der Waals surface area contributed by atoms with Gasteiger partial charge in [-0.2, -0.15) is 11.8 Å². The fraction of sp³-hybridized carbons (Fsp3) is 0.364. The molecule has 0 aliphatic rings. The maximum absolute atomic E-state index is 11.7. The fourth-order valence-electron chi connectivity index (χ4n) is 1.06. The van der Waals surface area contributed by atoms with Crippen LogP contribution in [0.5, 0.6) is 0 Å². The van der Waals surface area contributed by atoms with E-state index in [9.17, 15) is 4.79 Å². The summed E-state index contributed by atoms with van der Waals surface area (Å²) >= 11 is 9.82. The molecular weight excluding hydrogens is 357 g/mol. The van der Waals surface area contributed by atoms with Crippen LogP contribution in [0.1, 0.15) is 17.3 Å². The average molecular weight is 370 g/mol. The Morgan fingerprint density at radius 1 is 1.62 bits per heavy atom. The van der Waals surface area contributed by atoms with Crippen molar-refractivity contribution < 1.29 is 4.79 Å². The Kier molecular flexibility index (Phi) is 5.92. The topological polar surface area (TPSA) is 29.1 Å². The highest BCUT2D eigenvalue weighted by molar-refractivity contribution is 14.1. The Bertz CT molecular complexity index is 386. The summed E-state index contributed by atoms with van der Waals surface area (Å²) in [6.07, 6.45) is 2.03. The van der Waals surface area contributed by atoms with Crippen LogP contribution >= 0.6 is 46.0 Å². The molecule has 88 valence electrons. The molecule has 1 aromatic carbocycles. The van der Waals surface area contributed by atoms with Gasteiger partial charge in [0.1, 0.15) is 0 Å². The molecule has 0 saturated carbocycles. The zero-order valence-corrected chi connectivity index (χ0v) is 12.8. The molecule has 0 spiro atoms. The first-order chi connectivity index (χ1) is 7.54. The summed E-state index contributed by atoms with van der Waals surface area (Å²) in [5, 5.41) is 3.91. The Morgan fingerprint density at radius 2 is 2.31 bits per heavy atom. The summed E-state index contributed by atoms with van der Waals surface area (Å²) in [6, 6.07) is 5.32. The van der Waals surface area contributed by atoms with E-state index >= 15 is 0 Å². The summed E-state index contributed by atoms with van der Waals surface area (Å²) in [5.41, 5.74) is 0.610. The number of thioether (sulfide) groups is 1. The van der Waals surface area contributed by atoms with Gasteiger partial charge in [-0.3, -0.25) is 4.79 Å². The van der Waals surface area contributed by atoms with Crippen LogP contribution in [0.3, 0.4) is 0 Å². The summed E-state index contributed by atoms with van der Waals surface area (Å²) in [4.78, 5) is 11.7. The third kappa shape index (κ3) is 4.14. The number of benzene rings is 1. The van der Waals surface area contributed by atoms with Crippen LogP contribution < -0.4 is 5.32 Å². The minimum atomic E-state index is -0.0702. The molecular formula is C11H13ClINOS. The first-order valence-corrected chi connectivity index (χ1v) is 7.55. The first kappa shape index (κ1) is 14.1. The third-order valence-electron chi connectivity index (χ3n) is 2.13. The lowest BCUT2D eigenvalue weighted by molar-refractivity contribution is 0.0954. The van der Waals surface area contributed by atoms with E-state index in [0.29, 0.717) is 22.4 Å². The number of carbonyl (C=O) groups excluding carboxylic acids is 1. The van der Waals surface area contributed by atoms with Crippen LogP contribution in [0.25, 0.3) is 0 Å². The summed E-state index contributed by atoms with van der Waals surface area (Å²) in [6.45, 7) is 2.75. The monoisotopic (exact) mass is 369 g/mol. The van der Waals surface area contributed by atoms with Crippen molar-refractivity contribution in [1.82, 2.24) is 5.32 Å². The van der Waals surface area contributed by atoms with Gasteiger partial charge in [-0.05, 0) is 47.0 Å². The lowest BCUT2D eigenvalue weighted by atomic mass is 10.2. The molecule has 1 N–H and O–H groups in total. The number of nitrogens with one attached hydrogen (secondary N) is 1. The molecule has 0 aliphatic heterocycles. The molecule has 1 atom stereocenters. The molecule has 16 heavy (non-hydrogen) atoms. The van der Waals surface area contributed by atoms with Gasteiger partial charge in [0.15, 0.2) is 0 Å². The predicted molar refractivity (Wildman–Crippen MR) is 79.5 cm³/mol. The van der Waals surface area contributed by atoms with Gasteiger partial charge in [0.25, 0.3) is 5.91 Å². The van der Waals surface area contributed by atoms with Crippen LogP contribution in [0.4, 0.5) is 0 Å². The second kappa shape index (κ2) is 6.71. The van der Waals surface area contributed by atoms with Crippen molar-refractivity contribution in [3.63, 3.8) is 0 Å². The molecule has 1 aromatic rings. The minimum Gasteiger partial charge on any atom is -0.351 e. The van der Waals surface area contributed by atoms with Gasteiger partial charge in [0.05, 0.1) is 5.02 Å². The number of hydrogen-bond donors (Lipinski definition) is 1. The fourth-order valence-corrected chi connectivity index (χ4v) is 1.83. The molecule has 1 amide bonds. The van der Waals surface area contributed by atoms with Gasteiger partial charge in [-0.15, -0.1) is 0 Å². The van der Waals surface area contributed by atoms with Crippen molar-refractivity contribution in [2.45, 2.75) is 12.2 Å². The van der Waals surface area contributed by atoms with E-state index < -0.39 is 0 Å². The van der Waals surface area contributed by atoms with Crippen molar-refractivity contribution >= 4 is 51.9 Å². The van der Waals surface area contributed by atoms with Gasteiger partial charge in [-0.1, -0.05) is 18.5 Å². The molecule has 0 radical (unpaired) electrons. The van der Waals surface area contributed by atoms with Crippen LogP contribution in [0, 0.1) is 3.57 Å². The quantitative estimate of drug-likeness (QED) is 0.824. The molecule has 0 saturated heterocycles. The molecule has 0 bridgehead atoms. The van der Waals surface area contributed by atoms with Gasteiger partial charge in [0, 0.05) is 20.9 Å². The maximum atomic E-state index is 11.7. The number of halogens is 2. The van der Waals surface area contributed by atoms with E-state index in [0.717, 1.165) is 3.57 Å². The maximum Gasteiger partial charge on any atom is 0.251 e. The van der Waals surface area contributed by atoms with Crippen LogP contribution in [-0.2, 0) is 0 Å². The Balaban J connectivity index is 2.63. The standard InChI is InChI=1S/C11H13ClINOS/c1-7(16-2)6-14-11(15)8-3-4-10(13)9(12)5-8/h3-5,7H,6H2,1-2H3,(H,14,15). The van der Waals surface area contributed by atoms with Crippen molar-refractivity contribution in [2.24, 2.45) is 0 Å². The summed E-state index contributed by atoms with van der Waals surface area (Å²) < 4.78 is 0.952. The second-order valence-electron chi connectivity index (χ2n) is 3.39. The first-order valence-electron chi connectivity index (χ1n) is 4.80. The number of rotatable bonds is 4. The lowest BCUT2D eigenvalue weighted by Crippen LogP contribution is -2.29. The van der Waals surface area contributed by atoms with E-state index in [1.54, 1.807) is 23.9 Å². The average Bonchev–Trinajstić information content (AvgIpc) is 2.29. The SMILES string of the molecule is CSC(C)CNC(=O)c1ccc(I)c(Cl)c1. The van der Waals surface area contributed by atoms with E-state index in [-0.39, 0.29) is 5.91 Å². The minimum absolute atomic E-state index is 0.0702. The van der Waals surface area contributed by atoms with Crippen LogP contribution in [0.15, 0.2) is 18.2 Å². The van der Waals surface area contributed by atoms with E-state index in [1.807, 2.05) is 12.3 Å². The predicted octanol–water partition coefficient (Wildman–Crippen LogP) is 3.43. The van der Waals surface area contributed by atoms with Crippen molar-refractivity contribution in [3.05, 3.63) is 32.4 Å². The van der Waals surface area contributed by atoms with Gasteiger partial charge in [-0.25, -0.2) is 0 Å². The lowest BCUT2D eigenvalue weighted by Gasteiger charge is -2.10. The van der Waals surface area contributed by atoms with Gasteiger partial charge in [0.2, 0.25) is 0 Å². The van der Waals surface area contributed by atoms with Crippen molar-refractivity contribution in [1.29, 1.82) is 0 Å². The van der Waals surface area contributed by atoms with Crippen molar-refractivity contribution in [3.8, 4) is 0 Å². The number of carbonyl (C=O) groups is 1. The second-order valence-corrected chi connectivity index (χ2v) is 6.23. The molecule has 5 heteroatoms. The normalized spacial score (nSPS) is 12.2. The molecule has 1 unspecified atom stereocenters. The highest BCUT2D eigenvalue weighted by Crippen LogP contribution is 2.19. The van der Waals surface area contributed by atoms with Crippen LogP contribution in [-0.4, -0.2) is 24.0 Å². The molecule has 1 rings (SSSR count). The molecule has 0 aliphatic carbocycles. The van der Waals surface area contributed by atoms with Gasteiger partial charge >= 0.3 is 0 Å². The molecule has 0 fully saturated rings. The smallest absolute Gasteiger partial charge is 0.251 e. The highest BCUT2D eigenvalue weighted by Gasteiger charge is 2.08. The number of hydrogen-bond acceptors (Lipinski definition) is 2. The van der Waals surface area contributed by atoms with Crippen LogP contribution in [0.2, 0.25) is 5.02 Å². The van der Waals surface area contributed by atoms with E-state index in [4.69, 9.17) is 11.6 Å². The van der Waals surface area contributed by atoms with E-state index in [1.165, 1.54) is 0 Å². The largest absolute Gasteiger partial charge is 0.351 e. The Hall–Kier alpha value is 0.0600. The number of amides is 1. The Labute approximate surface area is 119 Å². The van der Waals surface area contributed by atoms with Gasteiger partial charge < -0.3 is 5.32 Å². The Morgan fingerprint density at radius 3 is 2.88 bits per heavy atom. The van der Waals surface area contributed by atoms with Crippen molar-refractivity contribution in [2.75, 3.05) is 12.8 Å². The zero-order valence-electron chi connectivity index (χ0n) is 9.09. The highest BCUT2D eigenvalue weighted by atomic mass is 127. The summed E-state index contributed by atoms with van der Waals surface area (Å²) in [5.74, 6) is -0.0702. The molecule has 0 heterocycles. The molecule has 0 aromatic heterocycles. The summed E-state index contributed by atoms with van der Waals surface area (Å²) in [7, 11) is 0. The molecule has 2 nitrogen and oxygen atoms in total. The third-order valence-corrected chi connectivity index (χ3v) is 4.68. The zero-order chi connectivity index (χ0) is 12.1. The van der Waals surface area contributed by atoms with E-state index in [2.05, 4.69) is 34.8 Å².